The van der Waals surface area contributed by atoms with Gasteiger partial charge in [0.05, 0.1) is 11.8 Å². The van der Waals surface area contributed by atoms with Crippen molar-refractivity contribution in [1.82, 2.24) is 4.98 Å². The van der Waals surface area contributed by atoms with Gasteiger partial charge in [0.2, 0.25) is 0 Å². The molecule has 1 heterocycles. The summed E-state index contributed by atoms with van der Waals surface area (Å²) in [7, 11) is 0. The third-order valence-electron chi connectivity index (χ3n) is 1.04. The van der Waals surface area contributed by atoms with Crippen LogP contribution in [0.2, 0.25) is 0 Å². The van der Waals surface area contributed by atoms with Gasteiger partial charge in [-0.15, -0.1) is 0 Å². The molecule has 0 aliphatic carbocycles. The number of hydrogen-bond donors (Lipinski definition) is 0. The quantitative estimate of drug-likeness (QED) is 0.593. The summed E-state index contributed by atoms with van der Waals surface area (Å²) in [5.74, 6) is -0.961. The van der Waals surface area contributed by atoms with Crippen LogP contribution < -0.4 is 0 Å². The van der Waals surface area contributed by atoms with Crippen molar-refractivity contribution in [2.45, 2.75) is 6.43 Å². The first-order valence-electron chi connectivity index (χ1n) is 2.59. The second-order valence-electron chi connectivity index (χ2n) is 1.70. The highest BCUT2D eigenvalue weighted by Crippen LogP contribution is 2.19. The summed E-state index contributed by atoms with van der Waals surface area (Å²) < 4.78 is 35.8. The maximum absolute atomic E-state index is 12.3. The summed E-state index contributed by atoms with van der Waals surface area (Å²) >= 11 is 0. The second-order valence-corrected chi connectivity index (χ2v) is 1.70. The van der Waals surface area contributed by atoms with Gasteiger partial charge in [0, 0.05) is 6.20 Å². The average molecular weight is 147 g/mol. The van der Waals surface area contributed by atoms with Crippen molar-refractivity contribution in [2.24, 2.45) is 0 Å². The monoisotopic (exact) mass is 147 g/mol. The normalized spacial score (nSPS) is 10.4. The Kier molecular flexibility index (Phi) is 1.89. The van der Waals surface area contributed by atoms with E-state index in [-0.39, 0.29) is 0 Å². The van der Waals surface area contributed by atoms with Crippen LogP contribution in [0.15, 0.2) is 18.5 Å². The van der Waals surface area contributed by atoms with E-state index in [9.17, 15) is 13.2 Å². The molecular formula is C6H4F3N. The highest BCUT2D eigenvalue weighted by Gasteiger charge is 2.11. The predicted octanol–water partition coefficient (Wildman–Crippen LogP) is 2.16. The van der Waals surface area contributed by atoms with E-state index in [4.69, 9.17) is 0 Å². The highest BCUT2D eigenvalue weighted by molar-refractivity contribution is 5.13. The lowest BCUT2D eigenvalue weighted by molar-refractivity contribution is 0.146. The van der Waals surface area contributed by atoms with Crippen molar-refractivity contribution < 1.29 is 13.2 Å². The van der Waals surface area contributed by atoms with Crippen molar-refractivity contribution in [2.75, 3.05) is 0 Å². The van der Waals surface area contributed by atoms with Crippen LogP contribution in [0.5, 0.6) is 0 Å². The summed E-state index contributed by atoms with van der Waals surface area (Å²) in [5.41, 5.74) is -0.602. The minimum Gasteiger partial charge on any atom is -0.262 e. The van der Waals surface area contributed by atoms with Gasteiger partial charge in [0.25, 0.3) is 6.43 Å². The van der Waals surface area contributed by atoms with Gasteiger partial charge >= 0.3 is 0 Å². The number of nitrogens with zero attached hydrogens (tertiary/aromatic N) is 1. The van der Waals surface area contributed by atoms with E-state index in [1.165, 1.54) is 0 Å². The molecule has 1 rings (SSSR count). The van der Waals surface area contributed by atoms with Gasteiger partial charge in [0.15, 0.2) is 0 Å². The van der Waals surface area contributed by atoms with Crippen LogP contribution in [-0.2, 0) is 0 Å². The van der Waals surface area contributed by atoms with Crippen molar-refractivity contribution >= 4 is 0 Å². The Morgan fingerprint density at radius 1 is 1.40 bits per heavy atom. The first kappa shape index (κ1) is 7.05. The molecule has 1 nitrogen and oxygen atoms in total. The van der Waals surface area contributed by atoms with E-state index < -0.39 is 17.8 Å². The zero-order valence-corrected chi connectivity index (χ0v) is 4.89. The van der Waals surface area contributed by atoms with Gasteiger partial charge in [-0.2, -0.15) is 0 Å². The molecule has 0 spiro atoms. The molecule has 0 N–H and O–H groups in total. The van der Waals surface area contributed by atoms with E-state index in [0.29, 0.717) is 0 Å². The fourth-order valence-electron chi connectivity index (χ4n) is 0.563. The van der Waals surface area contributed by atoms with Gasteiger partial charge in [0.1, 0.15) is 5.82 Å². The molecule has 10 heavy (non-hydrogen) atoms. The van der Waals surface area contributed by atoms with Gasteiger partial charge in [-0.3, -0.25) is 4.98 Å². The summed E-state index contributed by atoms with van der Waals surface area (Å²) in [6.45, 7) is 0. The molecule has 0 aliphatic rings. The molecule has 0 saturated heterocycles. The minimum atomic E-state index is -2.76. The second kappa shape index (κ2) is 2.68. The molecule has 54 valence electrons. The molecule has 0 atom stereocenters. The molecule has 0 saturated carbocycles. The van der Waals surface area contributed by atoms with E-state index in [1.807, 2.05) is 0 Å². The van der Waals surface area contributed by atoms with Crippen LogP contribution in [0, 0.1) is 5.82 Å². The molecule has 1 aromatic heterocycles. The fraction of sp³-hybridized carbons (Fsp3) is 0.167. The largest absolute Gasteiger partial charge is 0.266 e. The molecule has 0 aliphatic heterocycles. The first-order valence-corrected chi connectivity index (χ1v) is 2.59. The van der Waals surface area contributed by atoms with E-state index in [1.54, 1.807) is 0 Å². The van der Waals surface area contributed by atoms with Gasteiger partial charge < -0.3 is 0 Å². The first-order chi connectivity index (χ1) is 4.72. The lowest BCUT2D eigenvalue weighted by Gasteiger charge is -1.97. The van der Waals surface area contributed by atoms with Crippen LogP contribution in [0.3, 0.4) is 0 Å². The van der Waals surface area contributed by atoms with Gasteiger partial charge in [-0.25, -0.2) is 13.2 Å². The molecule has 1 aromatic rings. The number of alkyl halides is 2. The zero-order valence-electron chi connectivity index (χ0n) is 4.89. The van der Waals surface area contributed by atoms with E-state index in [0.717, 1.165) is 18.5 Å². The summed E-state index contributed by atoms with van der Waals surface area (Å²) in [6, 6.07) is 0.958. The maximum atomic E-state index is 12.3. The van der Waals surface area contributed by atoms with E-state index >= 15 is 0 Å². The summed E-state index contributed by atoms with van der Waals surface area (Å²) in [4.78, 5) is 3.32. The summed E-state index contributed by atoms with van der Waals surface area (Å²) in [5, 5.41) is 0. The Bertz CT molecular complexity index is 224. The average Bonchev–Trinajstić information content (AvgIpc) is 1.88. The number of hydrogen-bond acceptors (Lipinski definition) is 1. The van der Waals surface area contributed by atoms with Crippen LogP contribution >= 0.6 is 0 Å². The third-order valence-corrected chi connectivity index (χ3v) is 1.04. The maximum Gasteiger partial charge on any atom is 0.266 e. The molecule has 4 heteroatoms. The van der Waals surface area contributed by atoms with E-state index in [2.05, 4.69) is 4.98 Å². The van der Waals surface area contributed by atoms with Crippen LogP contribution in [0.1, 0.15) is 12.0 Å². The number of rotatable bonds is 1. The number of aromatic nitrogens is 1. The molecular weight excluding hydrogens is 143 g/mol. The van der Waals surface area contributed by atoms with Crippen molar-refractivity contribution in [3.63, 3.8) is 0 Å². The lowest BCUT2D eigenvalue weighted by atomic mass is 10.3. The number of pyridine rings is 1. The Morgan fingerprint density at radius 3 is 2.50 bits per heavy atom. The molecule has 0 amide bonds. The SMILES string of the molecule is Fc1cnccc1C(F)F. The van der Waals surface area contributed by atoms with Gasteiger partial charge in [-0.05, 0) is 6.07 Å². The Balaban J connectivity index is 3.03. The van der Waals surface area contributed by atoms with Crippen molar-refractivity contribution in [3.05, 3.63) is 29.8 Å². The zero-order chi connectivity index (χ0) is 7.56. The minimum absolute atomic E-state index is 0.602. The highest BCUT2D eigenvalue weighted by atomic mass is 19.3. The fourth-order valence-corrected chi connectivity index (χ4v) is 0.563. The van der Waals surface area contributed by atoms with Crippen molar-refractivity contribution in [1.29, 1.82) is 0 Å². The molecule has 0 bridgehead atoms. The lowest BCUT2D eigenvalue weighted by Crippen LogP contribution is -1.89. The van der Waals surface area contributed by atoms with Crippen LogP contribution in [-0.4, -0.2) is 4.98 Å². The summed E-state index contributed by atoms with van der Waals surface area (Å²) in [6.07, 6.45) is -0.866. The standard InChI is InChI=1S/C6H4F3N/c7-5-3-10-2-1-4(5)6(8)9/h1-3,6H. The Hall–Kier alpha value is -1.06. The Labute approximate surface area is 55.5 Å². The van der Waals surface area contributed by atoms with Crippen molar-refractivity contribution in [3.8, 4) is 0 Å². The topological polar surface area (TPSA) is 12.9 Å². The number of halogens is 3. The molecule has 0 radical (unpaired) electrons. The van der Waals surface area contributed by atoms with Crippen LogP contribution in [0.25, 0.3) is 0 Å². The van der Waals surface area contributed by atoms with Gasteiger partial charge in [-0.1, -0.05) is 0 Å². The molecule has 0 fully saturated rings. The molecule has 0 aromatic carbocycles. The Morgan fingerprint density at radius 2 is 2.10 bits per heavy atom. The molecule has 0 unspecified atom stereocenters. The van der Waals surface area contributed by atoms with Crippen LogP contribution in [0.4, 0.5) is 13.2 Å². The smallest absolute Gasteiger partial charge is 0.262 e. The predicted molar refractivity (Wildman–Crippen MR) is 29.2 cm³/mol. The third kappa shape index (κ3) is 1.26.